The van der Waals surface area contributed by atoms with Gasteiger partial charge in [-0.25, -0.2) is 8.42 Å². The molecular weight excluding hydrogens is 408 g/mol. The number of sulfonamides is 1. The van der Waals surface area contributed by atoms with Crippen LogP contribution < -0.4 is 9.62 Å². The lowest BCUT2D eigenvalue weighted by atomic mass is 10.0. The average Bonchev–Trinajstić information content (AvgIpc) is 2.77. The molecule has 0 bridgehead atoms. The zero-order valence-corrected chi connectivity index (χ0v) is 19.1. The summed E-state index contributed by atoms with van der Waals surface area (Å²) in [5.41, 5.74) is 3.98. The van der Waals surface area contributed by atoms with Crippen molar-refractivity contribution in [3.63, 3.8) is 0 Å². The summed E-state index contributed by atoms with van der Waals surface area (Å²) < 4.78 is 27.5. The third kappa shape index (κ3) is 5.14. The van der Waals surface area contributed by atoms with Crippen LogP contribution in [0, 0.1) is 6.92 Å². The Labute approximate surface area is 184 Å². The van der Waals surface area contributed by atoms with Crippen LogP contribution in [-0.2, 0) is 16.6 Å². The standard InChI is InChI=1S/C25H28N2O3S/c1-18(2)21-14-12-20(13-15-21)17-26-25(28)22-9-7-10-23(16-22)31(29,30)27(4)24-11-6-5-8-19(24)3/h5-16,18H,17H2,1-4H3,(H,26,28). The molecule has 0 saturated carbocycles. The van der Waals surface area contributed by atoms with Crippen molar-refractivity contribution in [2.24, 2.45) is 0 Å². The molecule has 6 heteroatoms. The Hall–Kier alpha value is -3.12. The molecule has 3 rings (SSSR count). The topological polar surface area (TPSA) is 66.5 Å². The average molecular weight is 437 g/mol. The minimum absolute atomic E-state index is 0.0761. The maximum absolute atomic E-state index is 13.1. The van der Waals surface area contributed by atoms with Crippen molar-refractivity contribution in [3.8, 4) is 0 Å². The second-order valence-electron chi connectivity index (χ2n) is 7.87. The number of nitrogens with one attached hydrogen (secondary N) is 1. The highest BCUT2D eigenvalue weighted by Gasteiger charge is 2.23. The van der Waals surface area contributed by atoms with E-state index in [0.29, 0.717) is 23.7 Å². The quantitative estimate of drug-likeness (QED) is 0.574. The fourth-order valence-electron chi connectivity index (χ4n) is 3.31. The van der Waals surface area contributed by atoms with Crippen LogP contribution in [0.3, 0.4) is 0 Å². The molecule has 1 amide bonds. The van der Waals surface area contributed by atoms with Crippen molar-refractivity contribution in [1.29, 1.82) is 0 Å². The van der Waals surface area contributed by atoms with E-state index in [-0.39, 0.29) is 10.8 Å². The van der Waals surface area contributed by atoms with E-state index >= 15 is 0 Å². The number of carbonyl (C=O) groups excluding carboxylic acids is 1. The molecule has 0 aliphatic carbocycles. The van der Waals surface area contributed by atoms with Crippen molar-refractivity contribution < 1.29 is 13.2 Å². The smallest absolute Gasteiger partial charge is 0.264 e. The molecule has 162 valence electrons. The largest absolute Gasteiger partial charge is 0.348 e. The number of amides is 1. The Morgan fingerprint density at radius 1 is 0.968 bits per heavy atom. The summed E-state index contributed by atoms with van der Waals surface area (Å²) in [6.07, 6.45) is 0. The molecular formula is C25H28N2O3S. The first-order valence-corrected chi connectivity index (χ1v) is 11.7. The van der Waals surface area contributed by atoms with Crippen LogP contribution in [0.15, 0.2) is 77.7 Å². The fourth-order valence-corrected chi connectivity index (χ4v) is 4.61. The molecule has 0 saturated heterocycles. The first-order chi connectivity index (χ1) is 14.7. The summed E-state index contributed by atoms with van der Waals surface area (Å²) in [5, 5.41) is 2.87. The van der Waals surface area contributed by atoms with Gasteiger partial charge < -0.3 is 5.32 Å². The molecule has 0 aliphatic rings. The molecule has 1 N–H and O–H groups in total. The summed E-state index contributed by atoms with van der Waals surface area (Å²) in [7, 11) is -2.28. The van der Waals surface area contributed by atoms with Gasteiger partial charge in [0, 0.05) is 19.2 Å². The maximum atomic E-state index is 13.1. The molecule has 3 aromatic rings. The van der Waals surface area contributed by atoms with Gasteiger partial charge in [-0.2, -0.15) is 0 Å². The van der Waals surface area contributed by atoms with Gasteiger partial charge in [-0.3, -0.25) is 9.10 Å². The van der Waals surface area contributed by atoms with Crippen molar-refractivity contribution in [2.75, 3.05) is 11.4 Å². The Bertz CT molecular complexity index is 1170. The third-order valence-electron chi connectivity index (χ3n) is 5.31. The van der Waals surface area contributed by atoms with Gasteiger partial charge >= 0.3 is 0 Å². The predicted molar refractivity (Wildman–Crippen MR) is 125 cm³/mol. The van der Waals surface area contributed by atoms with E-state index in [4.69, 9.17) is 0 Å². The molecule has 0 aliphatic heterocycles. The Morgan fingerprint density at radius 3 is 2.29 bits per heavy atom. The summed E-state index contributed by atoms with van der Waals surface area (Å²) >= 11 is 0. The summed E-state index contributed by atoms with van der Waals surface area (Å²) in [6, 6.07) is 21.5. The minimum Gasteiger partial charge on any atom is -0.348 e. The van der Waals surface area contributed by atoms with Crippen molar-refractivity contribution in [3.05, 3.63) is 95.1 Å². The maximum Gasteiger partial charge on any atom is 0.264 e. The van der Waals surface area contributed by atoms with Crippen LogP contribution in [0.1, 0.15) is 46.8 Å². The molecule has 0 unspecified atom stereocenters. The van der Waals surface area contributed by atoms with E-state index in [1.54, 1.807) is 24.3 Å². The van der Waals surface area contributed by atoms with Gasteiger partial charge in [0.15, 0.2) is 0 Å². The van der Waals surface area contributed by atoms with Gasteiger partial charge in [-0.05, 0) is 53.8 Å². The number of rotatable bonds is 7. The molecule has 0 fully saturated rings. The van der Waals surface area contributed by atoms with E-state index in [1.807, 2.05) is 31.2 Å². The van der Waals surface area contributed by atoms with E-state index in [9.17, 15) is 13.2 Å². The van der Waals surface area contributed by atoms with E-state index in [0.717, 1.165) is 11.1 Å². The first kappa shape index (κ1) is 22.6. The summed E-state index contributed by atoms with van der Waals surface area (Å²) in [4.78, 5) is 12.7. The second-order valence-corrected chi connectivity index (χ2v) is 9.84. The van der Waals surface area contributed by atoms with Gasteiger partial charge in [-0.15, -0.1) is 0 Å². The molecule has 0 atom stereocenters. The molecule has 3 aromatic carbocycles. The number of nitrogens with zero attached hydrogens (tertiary/aromatic N) is 1. The third-order valence-corrected chi connectivity index (χ3v) is 7.08. The highest BCUT2D eigenvalue weighted by Crippen LogP contribution is 2.25. The number of hydrogen-bond donors (Lipinski definition) is 1. The van der Waals surface area contributed by atoms with Gasteiger partial charge in [0.05, 0.1) is 10.6 Å². The Kier molecular flexibility index (Phi) is 6.81. The monoisotopic (exact) mass is 436 g/mol. The van der Waals surface area contributed by atoms with Crippen LogP contribution in [0.5, 0.6) is 0 Å². The zero-order chi connectivity index (χ0) is 22.6. The van der Waals surface area contributed by atoms with Gasteiger partial charge in [0.25, 0.3) is 15.9 Å². The molecule has 31 heavy (non-hydrogen) atoms. The highest BCUT2D eigenvalue weighted by molar-refractivity contribution is 7.92. The van der Waals surface area contributed by atoms with Crippen molar-refractivity contribution >= 4 is 21.6 Å². The lowest BCUT2D eigenvalue weighted by molar-refractivity contribution is 0.0950. The van der Waals surface area contributed by atoms with Gasteiger partial charge in [0.2, 0.25) is 0 Å². The summed E-state index contributed by atoms with van der Waals surface area (Å²) in [5.74, 6) is 0.134. The van der Waals surface area contributed by atoms with E-state index < -0.39 is 10.0 Å². The Balaban J connectivity index is 1.76. The number of hydrogen-bond acceptors (Lipinski definition) is 3. The van der Waals surface area contributed by atoms with Crippen molar-refractivity contribution in [1.82, 2.24) is 5.32 Å². The summed E-state index contributed by atoms with van der Waals surface area (Å²) in [6.45, 7) is 6.50. The van der Waals surface area contributed by atoms with Crippen LogP contribution >= 0.6 is 0 Å². The number of aryl methyl sites for hydroxylation is 1. The lowest BCUT2D eigenvalue weighted by Gasteiger charge is -2.21. The molecule has 0 heterocycles. The number of carbonyl (C=O) groups is 1. The first-order valence-electron chi connectivity index (χ1n) is 10.2. The van der Waals surface area contributed by atoms with Crippen molar-refractivity contribution in [2.45, 2.75) is 38.1 Å². The molecule has 0 spiro atoms. The fraction of sp³-hybridized carbons (Fsp3) is 0.240. The minimum atomic E-state index is -3.80. The van der Waals surface area contributed by atoms with Gasteiger partial charge in [0.1, 0.15) is 0 Å². The van der Waals surface area contributed by atoms with E-state index in [1.165, 1.54) is 29.0 Å². The molecule has 0 aromatic heterocycles. The van der Waals surface area contributed by atoms with Gasteiger partial charge in [-0.1, -0.05) is 62.4 Å². The van der Waals surface area contributed by atoms with E-state index in [2.05, 4.69) is 31.3 Å². The SMILES string of the molecule is Cc1ccccc1N(C)S(=O)(=O)c1cccc(C(=O)NCc2ccc(C(C)C)cc2)c1. The number of para-hydroxylation sites is 1. The second kappa shape index (κ2) is 9.35. The number of anilines is 1. The van der Waals surface area contributed by atoms with Crippen LogP contribution in [0.2, 0.25) is 0 Å². The normalized spacial score (nSPS) is 11.4. The lowest BCUT2D eigenvalue weighted by Crippen LogP contribution is -2.28. The van der Waals surface area contributed by atoms with Crippen LogP contribution in [-0.4, -0.2) is 21.4 Å². The zero-order valence-electron chi connectivity index (χ0n) is 18.3. The Morgan fingerprint density at radius 2 is 1.65 bits per heavy atom. The highest BCUT2D eigenvalue weighted by atomic mass is 32.2. The van der Waals surface area contributed by atoms with Crippen LogP contribution in [0.25, 0.3) is 0 Å². The molecule has 5 nitrogen and oxygen atoms in total. The molecule has 0 radical (unpaired) electrons. The predicted octanol–water partition coefficient (Wildman–Crippen LogP) is 4.87. The van der Waals surface area contributed by atoms with Crippen LogP contribution in [0.4, 0.5) is 5.69 Å². The number of benzene rings is 3.